The Bertz CT molecular complexity index is 785. The van der Waals surface area contributed by atoms with Crippen LogP contribution in [0.15, 0.2) is 34.2 Å². The van der Waals surface area contributed by atoms with Gasteiger partial charge < -0.3 is 4.90 Å². The van der Waals surface area contributed by atoms with Crippen LogP contribution in [0.2, 0.25) is 0 Å². The van der Waals surface area contributed by atoms with Gasteiger partial charge in [-0.2, -0.15) is 5.10 Å². The topological polar surface area (TPSA) is 56.6 Å². The predicted molar refractivity (Wildman–Crippen MR) is 97.0 cm³/mol. The van der Waals surface area contributed by atoms with E-state index in [1.807, 2.05) is 5.01 Å². The summed E-state index contributed by atoms with van der Waals surface area (Å²) in [6.07, 6.45) is 3.33. The van der Waals surface area contributed by atoms with E-state index in [9.17, 15) is 9.18 Å². The minimum Gasteiger partial charge on any atom is -0.303 e. The van der Waals surface area contributed by atoms with Crippen molar-refractivity contribution >= 4 is 6.21 Å². The van der Waals surface area contributed by atoms with Crippen molar-refractivity contribution in [3.8, 4) is 5.69 Å². The minimum absolute atomic E-state index is 0.159. The fourth-order valence-corrected chi connectivity index (χ4v) is 2.89. The summed E-state index contributed by atoms with van der Waals surface area (Å²) in [4.78, 5) is 15.1. The molecule has 0 unspecified atom stereocenters. The molecule has 0 spiro atoms. The van der Waals surface area contributed by atoms with Gasteiger partial charge in [-0.3, -0.25) is 14.9 Å². The van der Waals surface area contributed by atoms with E-state index in [2.05, 4.69) is 29.1 Å². The molecule has 1 aliphatic heterocycles. The van der Waals surface area contributed by atoms with E-state index in [-0.39, 0.29) is 11.4 Å². The van der Waals surface area contributed by atoms with Crippen LogP contribution >= 0.6 is 0 Å². The third-order valence-corrected chi connectivity index (χ3v) is 4.42. The van der Waals surface area contributed by atoms with Gasteiger partial charge in [0.15, 0.2) is 0 Å². The van der Waals surface area contributed by atoms with Crippen LogP contribution < -0.4 is 5.56 Å². The molecule has 7 heteroatoms. The summed E-state index contributed by atoms with van der Waals surface area (Å²) in [5.41, 5.74) is 1.88. The van der Waals surface area contributed by atoms with E-state index in [1.165, 1.54) is 16.8 Å². The first-order valence-electron chi connectivity index (χ1n) is 8.65. The van der Waals surface area contributed by atoms with Crippen molar-refractivity contribution in [2.75, 3.05) is 33.2 Å². The van der Waals surface area contributed by atoms with Gasteiger partial charge in [0.1, 0.15) is 5.82 Å². The minimum atomic E-state index is -0.325. The Labute approximate surface area is 146 Å². The normalized spacial score (nSPS) is 16.0. The summed E-state index contributed by atoms with van der Waals surface area (Å²) in [5.74, 6) is -0.325. The van der Waals surface area contributed by atoms with Gasteiger partial charge in [-0.1, -0.05) is 13.3 Å². The second-order valence-electron chi connectivity index (χ2n) is 6.37. The van der Waals surface area contributed by atoms with E-state index in [4.69, 9.17) is 0 Å². The number of aryl methyl sites for hydroxylation is 1. The van der Waals surface area contributed by atoms with E-state index in [0.717, 1.165) is 44.7 Å². The number of rotatable bonds is 5. The molecule has 6 nitrogen and oxygen atoms in total. The van der Waals surface area contributed by atoms with Gasteiger partial charge in [0.05, 0.1) is 17.5 Å². The number of aromatic nitrogens is 2. The van der Waals surface area contributed by atoms with Crippen LogP contribution in [0.4, 0.5) is 4.39 Å². The SMILES string of the molecule is CCCc1[nH]n(-c2ccc(F)cc2)c(=O)c1C=NN1CCN(C)CC1. The zero-order chi connectivity index (χ0) is 17.8. The molecule has 0 aliphatic carbocycles. The molecule has 1 aromatic heterocycles. The molecule has 0 bridgehead atoms. The molecule has 0 atom stereocenters. The van der Waals surface area contributed by atoms with Crippen LogP contribution in [0.25, 0.3) is 5.69 Å². The van der Waals surface area contributed by atoms with Crippen LogP contribution in [0.1, 0.15) is 24.6 Å². The highest BCUT2D eigenvalue weighted by atomic mass is 19.1. The second kappa shape index (κ2) is 7.65. The zero-order valence-electron chi connectivity index (χ0n) is 14.7. The van der Waals surface area contributed by atoms with Crippen molar-refractivity contribution in [1.82, 2.24) is 19.7 Å². The predicted octanol–water partition coefficient (Wildman–Crippen LogP) is 1.84. The highest BCUT2D eigenvalue weighted by Crippen LogP contribution is 2.10. The maximum absolute atomic E-state index is 13.1. The highest BCUT2D eigenvalue weighted by Gasteiger charge is 2.15. The number of halogens is 1. The highest BCUT2D eigenvalue weighted by molar-refractivity contribution is 5.80. The standard InChI is InChI=1S/C18H24FN5O/c1-3-4-17-16(13-20-23-11-9-22(2)10-12-23)18(25)24(21-17)15-7-5-14(19)6-8-15/h5-8,13,21H,3-4,9-12H2,1-2H3. The van der Waals surface area contributed by atoms with Gasteiger partial charge >= 0.3 is 0 Å². The molecule has 1 aliphatic rings. The van der Waals surface area contributed by atoms with Crippen LogP contribution in [-0.4, -0.2) is 59.1 Å². The quantitative estimate of drug-likeness (QED) is 0.842. The van der Waals surface area contributed by atoms with Crippen molar-refractivity contribution in [1.29, 1.82) is 0 Å². The van der Waals surface area contributed by atoms with Crippen molar-refractivity contribution in [3.63, 3.8) is 0 Å². The van der Waals surface area contributed by atoms with E-state index >= 15 is 0 Å². The molecule has 134 valence electrons. The molecule has 1 N–H and O–H groups in total. The number of piperazine rings is 1. The largest absolute Gasteiger partial charge is 0.303 e. The Morgan fingerprint density at radius 2 is 1.88 bits per heavy atom. The zero-order valence-corrected chi connectivity index (χ0v) is 14.7. The molecule has 3 rings (SSSR count). The Morgan fingerprint density at radius 1 is 1.20 bits per heavy atom. The number of nitrogens with zero attached hydrogens (tertiary/aromatic N) is 4. The Balaban J connectivity index is 1.89. The van der Waals surface area contributed by atoms with Crippen LogP contribution in [0.5, 0.6) is 0 Å². The van der Waals surface area contributed by atoms with Gasteiger partial charge in [0, 0.05) is 31.9 Å². The number of H-pyrrole nitrogens is 1. The van der Waals surface area contributed by atoms with Crippen LogP contribution in [-0.2, 0) is 6.42 Å². The Hall–Kier alpha value is -2.41. The van der Waals surface area contributed by atoms with Gasteiger partial charge in [0.25, 0.3) is 5.56 Å². The van der Waals surface area contributed by atoms with Gasteiger partial charge in [-0.15, -0.1) is 0 Å². The molecular weight excluding hydrogens is 321 g/mol. The van der Waals surface area contributed by atoms with E-state index in [0.29, 0.717) is 11.3 Å². The molecule has 0 amide bonds. The fraction of sp³-hybridized carbons (Fsp3) is 0.444. The number of aromatic amines is 1. The molecule has 1 aromatic carbocycles. The average Bonchev–Trinajstić information content (AvgIpc) is 2.91. The molecular formula is C18H24FN5O. The van der Waals surface area contributed by atoms with Crippen molar-refractivity contribution in [2.24, 2.45) is 5.10 Å². The van der Waals surface area contributed by atoms with Gasteiger partial charge in [-0.05, 0) is 37.7 Å². The molecule has 1 saturated heterocycles. The third kappa shape index (κ3) is 3.99. The molecule has 2 heterocycles. The molecule has 2 aromatic rings. The number of nitrogens with one attached hydrogen (secondary N) is 1. The van der Waals surface area contributed by atoms with Crippen molar-refractivity contribution in [3.05, 3.63) is 51.7 Å². The number of benzene rings is 1. The first-order chi connectivity index (χ1) is 12.1. The summed E-state index contributed by atoms with van der Waals surface area (Å²) in [6, 6.07) is 5.87. The van der Waals surface area contributed by atoms with Crippen LogP contribution in [0, 0.1) is 5.82 Å². The summed E-state index contributed by atoms with van der Waals surface area (Å²) in [6.45, 7) is 5.70. The lowest BCUT2D eigenvalue weighted by Gasteiger charge is -2.30. The summed E-state index contributed by atoms with van der Waals surface area (Å²) >= 11 is 0. The number of hydrazone groups is 1. The lowest BCUT2D eigenvalue weighted by molar-refractivity contribution is 0.159. The van der Waals surface area contributed by atoms with Gasteiger partial charge in [-0.25, -0.2) is 9.07 Å². The third-order valence-electron chi connectivity index (χ3n) is 4.42. The van der Waals surface area contributed by atoms with E-state index < -0.39 is 0 Å². The second-order valence-corrected chi connectivity index (χ2v) is 6.37. The first kappa shape index (κ1) is 17.4. The number of hydrogen-bond acceptors (Lipinski definition) is 4. The number of hydrogen-bond donors (Lipinski definition) is 1. The Kier molecular flexibility index (Phi) is 5.33. The number of likely N-dealkylation sites (N-methyl/N-ethyl adjacent to an activating group) is 1. The summed E-state index contributed by atoms with van der Waals surface area (Å²) < 4.78 is 14.6. The smallest absolute Gasteiger partial charge is 0.280 e. The molecule has 0 saturated carbocycles. The molecule has 1 fully saturated rings. The van der Waals surface area contributed by atoms with Crippen molar-refractivity contribution < 1.29 is 4.39 Å². The monoisotopic (exact) mass is 345 g/mol. The maximum Gasteiger partial charge on any atom is 0.280 e. The van der Waals surface area contributed by atoms with E-state index in [1.54, 1.807) is 18.3 Å². The maximum atomic E-state index is 13.1. The molecule has 0 radical (unpaired) electrons. The summed E-state index contributed by atoms with van der Waals surface area (Å²) in [5, 5.41) is 9.64. The lowest BCUT2D eigenvalue weighted by atomic mass is 10.2. The van der Waals surface area contributed by atoms with Crippen LogP contribution in [0.3, 0.4) is 0 Å². The van der Waals surface area contributed by atoms with Gasteiger partial charge in [0.2, 0.25) is 0 Å². The lowest BCUT2D eigenvalue weighted by Crippen LogP contribution is -2.41. The Morgan fingerprint density at radius 3 is 2.52 bits per heavy atom. The first-order valence-corrected chi connectivity index (χ1v) is 8.65. The fourth-order valence-electron chi connectivity index (χ4n) is 2.89. The average molecular weight is 345 g/mol. The summed E-state index contributed by atoms with van der Waals surface area (Å²) in [7, 11) is 2.09. The van der Waals surface area contributed by atoms with Crippen molar-refractivity contribution in [2.45, 2.75) is 19.8 Å². The molecule has 25 heavy (non-hydrogen) atoms.